The first-order chi connectivity index (χ1) is 9.40. The predicted molar refractivity (Wildman–Crippen MR) is 87.0 cm³/mol. The van der Waals surface area contributed by atoms with Gasteiger partial charge in [0.2, 0.25) is 10.0 Å². The van der Waals surface area contributed by atoms with Gasteiger partial charge < -0.3 is 5.32 Å². The summed E-state index contributed by atoms with van der Waals surface area (Å²) in [5, 5.41) is 3.23. The highest BCUT2D eigenvalue weighted by atomic mass is 35.5. The lowest BCUT2D eigenvalue weighted by molar-refractivity contribution is 0.571. The van der Waals surface area contributed by atoms with Gasteiger partial charge in [-0.3, -0.25) is 0 Å². The molecule has 0 aliphatic carbocycles. The summed E-state index contributed by atoms with van der Waals surface area (Å²) in [5.74, 6) is 1.70. The highest BCUT2D eigenvalue weighted by molar-refractivity contribution is 7.99. The van der Waals surface area contributed by atoms with Gasteiger partial charge in [-0.1, -0.05) is 24.6 Å². The van der Waals surface area contributed by atoms with Gasteiger partial charge in [-0.2, -0.15) is 11.8 Å². The molecule has 0 aliphatic rings. The molecule has 1 unspecified atom stereocenters. The molecule has 7 heteroatoms. The van der Waals surface area contributed by atoms with E-state index in [4.69, 9.17) is 11.6 Å². The highest BCUT2D eigenvalue weighted by Gasteiger charge is 2.20. The fourth-order valence-corrected chi connectivity index (χ4v) is 4.30. The Morgan fingerprint density at radius 3 is 2.70 bits per heavy atom. The van der Waals surface area contributed by atoms with E-state index < -0.39 is 10.0 Å². The van der Waals surface area contributed by atoms with E-state index >= 15 is 0 Å². The molecule has 1 atom stereocenters. The van der Waals surface area contributed by atoms with Crippen LogP contribution in [-0.2, 0) is 16.6 Å². The minimum Gasteiger partial charge on any atom is -0.316 e. The van der Waals surface area contributed by atoms with E-state index in [-0.39, 0.29) is 16.0 Å². The smallest absolute Gasteiger partial charge is 0.242 e. The van der Waals surface area contributed by atoms with Crippen molar-refractivity contribution in [3.05, 3.63) is 28.8 Å². The van der Waals surface area contributed by atoms with E-state index in [0.717, 1.165) is 17.1 Å². The normalized spacial score (nSPS) is 13.4. The number of thioether (sulfide) groups is 1. The first-order valence-electron chi connectivity index (χ1n) is 6.43. The lowest BCUT2D eigenvalue weighted by Crippen LogP contribution is -2.34. The van der Waals surface area contributed by atoms with Crippen molar-refractivity contribution >= 4 is 33.4 Å². The second-order valence-electron chi connectivity index (χ2n) is 4.48. The van der Waals surface area contributed by atoms with Crippen LogP contribution in [0.25, 0.3) is 0 Å². The molecule has 0 spiro atoms. The molecule has 2 N–H and O–H groups in total. The van der Waals surface area contributed by atoms with Crippen LogP contribution in [0.4, 0.5) is 0 Å². The fourth-order valence-electron chi connectivity index (χ4n) is 1.72. The summed E-state index contributed by atoms with van der Waals surface area (Å²) in [6.45, 7) is 4.50. The van der Waals surface area contributed by atoms with Crippen LogP contribution in [0.5, 0.6) is 0 Å². The predicted octanol–water partition coefficient (Wildman–Crippen LogP) is 2.48. The van der Waals surface area contributed by atoms with Crippen molar-refractivity contribution in [1.82, 2.24) is 10.0 Å². The van der Waals surface area contributed by atoms with Crippen LogP contribution in [0.15, 0.2) is 23.1 Å². The monoisotopic (exact) mass is 336 g/mol. The maximum Gasteiger partial charge on any atom is 0.242 e. The zero-order valence-electron chi connectivity index (χ0n) is 11.9. The molecule has 0 aliphatic heterocycles. The van der Waals surface area contributed by atoms with Crippen molar-refractivity contribution < 1.29 is 8.42 Å². The maximum absolute atomic E-state index is 12.4. The summed E-state index contributed by atoms with van der Waals surface area (Å²) in [5.41, 5.74) is 0.882. The molecule has 114 valence electrons. The topological polar surface area (TPSA) is 58.2 Å². The van der Waals surface area contributed by atoms with Gasteiger partial charge >= 0.3 is 0 Å². The number of rotatable bonds is 8. The summed E-state index contributed by atoms with van der Waals surface area (Å²) >= 11 is 7.72. The molecule has 0 aromatic heterocycles. The van der Waals surface area contributed by atoms with E-state index in [9.17, 15) is 8.42 Å². The number of benzene rings is 1. The molecule has 1 aromatic carbocycles. The van der Waals surface area contributed by atoms with Crippen LogP contribution in [0, 0.1) is 0 Å². The number of halogens is 1. The van der Waals surface area contributed by atoms with Crippen LogP contribution >= 0.6 is 23.4 Å². The molecular weight excluding hydrogens is 316 g/mol. The number of hydrogen-bond donors (Lipinski definition) is 2. The molecular formula is C13H21ClN2O2S2. The first kappa shape index (κ1) is 17.8. The van der Waals surface area contributed by atoms with Crippen LogP contribution in [0.1, 0.15) is 19.4 Å². The maximum atomic E-state index is 12.4. The summed E-state index contributed by atoms with van der Waals surface area (Å²) in [4.78, 5) is 0.139. The summed E-state index contributed by atoms with van der Waals surface area (Å²) in [6, 6.07) is 4.91. The van der Waals surface area contributed by atoms with E-state index in [0.29, 0.717) is 6.54 Å². The van der Waals surface area contributed by atoms with E-state index in [1.807, 2.05) is 27.0 Å². The van der Waals surface area contributed by atoms with Crippen molar-refractivity contribution in [2.75, 3.05) is 18.6 Å². The Balaban J connectivity index is 2.93. The van der Waals surface area contributed by atoms with Crippen molar-refractivity contribution in [3.63, 3.8) is 0 Å². The molecule has 1 rings (SSSR count). The van der Waals surface area contributed by atoms with Gasteiger partial charge in [0, 0.05) is 18.3 Å². The Hall–Kier alpha value is -0.270. The number of hydrogen-bond acceptors (Lipinski definition) is 4. The van der Waals surface area contributed by atoms with Crippen LogP contribution in [0.3, 0.4) is 0 Å². The molecule has 0 bridgehead atoms. The van der Waals surface area contributed by atoms with Crippen molar-refractivity contribution in [2.45, 2.75) is 31.3 Å². The van der Waals surface area contributed by atoms with Crippen molar-refractivity contribution in [1.29, 1.82) is 0 Å². The Labute approximate surface area is 130 Å². The summed E-state index contributed by atoms with van der Waals surface area (Å²) in [7, 11) is -1.77. The average Bonchev–Trinajstić information content (AvgIpc) is 2.38. The third-order valence-electron chi connectivity index (χ3n) is 2.59. The third kappa shape index (κ3) is 5.26. The van der Waals surface area contributed by atoms with Crippen LogP contribution in [0.2, 0.25) is 5.02 Å². The second-order valence-corrected chi connectivity index (χ2v) is 7.89. The quantitative estimate of drug-likeness (QED) is 0.765. The van der Waals surface area contributed by atoms with Gasteiger partial charge in [-0.05, 0) is 37.4 Å². The minimum atomic E-state index is -3.58. The molecule has 0 saturated heterocycles. The average molecular weight is 337 g/mol. The lowest BCUT2D eigenvalue weighted by Gasteiger charge is -2.15. The number of sulfonamides is 1. The van der Waals surface area contributed by atoms with E-state index in [2.05, 4.69) is 10.0 Å². The molecule has 0 saturated carbocycles. The SMILES string of the molecule is CCSCC(C)NS(=O)(=O)c1cc(CNC)ccc1Cl. The zero-order chi connectivity index (χ0) is 15.2. The van der Waals surface area contributed by atoms with Crippen LogP contribution < -0.4 is 10.0 Å². The largest absolute Gasteiger partial charge is 0.316 e. The lowest BCUT2D eigenvalue weighted by atomic mass is 10.2. The van der Waals surface area contributed by atoms with Gasteiger partial charge in [0.1, 0.15) is 4.90 Å². The molecule has 0 heterocycles. The Bertz CT molecular complexity index is 535. The van der Waals surface area contributed by atoms with E-state index in [1.165, 1.54) is 0 Å². The molecule has 20 heavy (non-hydrogen) atoms. The third-order valence-corrected chi connectivity index (χ3v) is 5.81. The second kappa shape index (κ2) is 8.24. The Morgan fingerprint density at radius 1 is 1.40 bits per heavy atom. The van der Waals surface area contributed by atoms with Crippen molar-refractivity contribution in [2.24, 2.45) is 0 Å². The molecule has 0 fully saturated rings. The molecule has 0 amide bonds. The highest BCUT2D eigenvalue weighted by Crippen LogP contribution is 2.23. The van der Waals surface area contributed by atoms with Gasteiger partial charge in [0.15, 0.2) is 0 Å². The standard InChI is InChI=1S/C13H21ClN2O2S2/c1-4-19-9-10(2)16-20(17,18)13-7-11(8-15-3)5-6-12(13)14/h5-7,10,15-16H,4,8-9H2,1-3H3. The zero-order valence-corrected chi connectivity index (χ0v) is 14.3. The summed E-state index contributed by atoms with van der Waals surface area (Å²) in [6.07, 6.45) is 0. The van der Waals surface area contributed by atoms with Gasteiger partial charge in [-0.25, -0.2) is 13.1 Å². The fraction of sp³-hybridized carbons (Fsp3) is 0.538. The van der Waals surface area contributed by atoms with Gasteiger partial charge in [-0.15, -0.1) is 0 Å². The van der Waals surface area contributed by atoms with Crippen LogP contribution in [-0.4, -0.2) is 33.0 Å². The van der Waals surface area contributed by atoms with E-state index in [1.54, 1.807) is 23.9 Å². The Kier molecular flexibility index (Phi) is 7.33. The molecule has 4 nitrogen and oxygen atoms in total. The van der Waals surface area contributed by atoms with Gasteiger partial charge in [0.05, 0.1) is 5.02 Å². The molecule has 0 radical (unpaired) electrons. The number of nitrogens with one attached hydrogen (secondary N) is 2. The van der Waals surface area contributed by atoms with Crippen molar-refractivity contribution in [3.8, 4) is 0 Å². The first-order valence-corrected chi connectivity index (χ1v) is 9.45. The Morgan fingerprint density at radius 2 is 2.10 bits per heavy atom. The summed E-state index contributed by atoms with van der Waals surface area (Å²) < 4.78 is 27.4. The minimum absolute atomic E-state index is 0.131. The molecule has 1 aromatic rings. The van der Waals surface area contributed by atoms with Gasteiger partial charge in [0.25, 0.3) is 0 Å².